The first-order chi connectivity index (χ1) is 14.9. The number of rotatable bonds is 9. The minimum absolute atomic E-state index is 0.268. The lowest BCUT2D eigenvalue weighted by molar-refractivity contribution is 0.0697. The van der Waals surface area contributed by atoms with E-state index in [1.165, 1.54) is 0 Å². The molecular weight excluding hydrogens is 482 g/mol. The van der Waals surface area contributed by atoms with E-state index >= 15 is 0 Å². The van der Waals surface area contributed by atoms with Crippen LogP contribution in [0.25, 0.3) is 0 Å². The Morgan fingerprint density at radius 2 is 1.90 bits per heavy atom. The van der Waals surface area contributed by atoms with Crippen LogP contribution in [-0.2, 0) is 13.2 Å². The summed E-state index contributed by atoms with van der Waals surface area (Å²) in [6, 6.07) is 16.5. The highest BCUT2D eigenvalue weighted by Crippen LogP contribution is 2.38. The number of halogens is 2. The number of carboxylic acid groups (broad SMARTS) is 1. The molecule has 7 heteroatoms. The smallest absolute Gasteiger partial charge is 0.335 e. The van der Waals surface area contributed by atoms with Gasteiger partial charge in [-0.3, -0.25) is 0 Å². The number of carboxylic acids is 1. The van der Waals surface area contributed by atoms with Crippen LogP contribution in [0.5, 0.6) is 11.5 Å². The highest BCUT2D eigenvalue weighted by molar-refractivity contribution is 9.10. The molecule has 0 atom stereocenters. The maximum absolute atomic E-state index is 11.1. The van der Waals surface area contributed by atoms with Crippen molar-refractivity contribution in [2.45, 2.75) is 27.0 Å². The molecule has 0 saturated carbocycles. The van der Waals surface area contributed by atoms with Crippen LogP contribution in [0.1, 0.15) is 34.0 Å². The average molecular weight is 505 g/mol. The molecular formula is C24H23BrClNO4. The third kappa shape index (κ3) is 5.93. The van der Waals surface area contributed by atoms with Crippen LogP contribution in [0.15, 0.2) is 59.1 Å². The van der Waals surface area contributed by atoms with Crippen LogP contribution in [-0.4, -0.2) is 17.7 Å². The Morgan fingerprint density at radius 3 is 2.58 bits per heavy atom. The number of ether oxygens (including phenoxy) is 2. The largest absolute Gasteiger partial charge is 0.490 e. The van der Waals surface area contributed by atoms with Gasteiger partial charge in [-0.2, -0.15) is 0 Å². The first-order valence-corrected chi connectivity index (χ1v) is 11.0. The van der Waals surface area contributed by atoms with Crippen molar-refractivity contribution in [2.75, 3.05) is 11.9 Å². The van der Waals surface area contributed by atoms with E-state index in [-0.39, 0.29) is 5.56 Å². The molecule has 0 aliphatic rings. The Balaban J connectivity index is 1.76. The summed E-state index contributed by atoms with van der Waals surface area (Å²) in [7, 11) is 0. The van der Waals surface area contributed by atoms with E-state index < -0.39 is 5.97 Å². The zero-order chi connectivity index (χ0) is 22.4. The summed E-state index contributed by atoms with van der Waals surface area (Å²) in [5.74, 6) is 0.318. The summed E-state index contributed by atoms with van der Waals surface area (Å²) < 4.78 is 12.6. The van der Waals surface area contributed by atoms with Gasteiger partial charge in [0.1, 0.15) is 6.61 Å². The Hall–Kier alpha value is -2.70. The molecule has 0 spiro atoms. The highest BCUT2D eigenvalue weighted by Gasteiger charge is 2.14. The normalized spacial score (nSPS) is 10.6. The molecule has 0 fully saturated rings. The van der Waals surface area contributed by atoms with Gasteiger partial charge in [0, 0.05) is 22.8 Å². The van der Waals surface area contributed by atoms with Gasteiger partial charge in [-0.25, -0.2) is 4.79 Å². The topological polar surface area (TPSA) is 67.8 Å². The standard InChI is InChI=1S/C24H23BrClNO4/c1-3-30-22-12-16(13-27-21-9-8-17(24(28)29)10-15(21)2)11-19(25)23(22)31-14-18-6-4-5-7-20(18)26/h4-12,27H,3,13-14H2,1-2H3,(H,28,29). The molecule has 3 aromatic carbocycles. The van der Waals surface area contributed by atoms with E-state index in [0.29, 0.717) is 36.3 Å². The maximum atomic E-state index is 11.1. The predicted molar refractivity (Wildman–Crippen MR) is 127 cm³/mol. The Morgan fingerprint density at radius 1 is 1.13 bits per heavy atom. The second kappa shape index (κ2) is 10.6. The molecule has 0 radical (unpaired) electrons. The molecule has 0 aromatic heterocycles. The fraction of sp³-hybridized carbons (Fsp3) is 0.208. The van der Waals surface area contributed by atoms with E-state index in [9.17, 15) is 4.79 Å². The Kier molecular flexibility index (Phi) is 7.82. The van der Waals surface area contributed by atoms with E-state index in [1.54, 1.807) is 18.2 Å². The van der Waals surface area contributed by atoms with Crippen LogP contribution in [0, 0.1) is 6.92 Å². The van der Waals surface area contributed by atoms with Gasteiger partial charge in [-0.15, -0.1) is 0 Å². The van der Waals surface area contributed by atoms with Gasteiger partial charge < -0.3 is 19.9 Å². The molecule has 0 amide bonds. The molecule has 31 heavy (non-hydrogen) atoms. The number of anilines is 1. The third-order valence-electron chi connectivity index (χ3n) is 4.66. The molecule has 0 unspecified atom stereocenters. The Bertz CT molecular complexity index is 1090. The van der Waals surface area contributed by atoms with Crippen LogP contribution in [0.4, 0.5) is 5.69 Å². The van der Waals surface area contributed by atoms with Crippen LogP contribution >= 0.6 is 27.5 Å². The van der Waals surface area contributed by atoms with E-state index in [2.05, 4.69) is 21.2 Å². The summed E-state index contributed by atoms with van der Waals surface area (Å²) in [4.78, 5) is 11.1. The molecule has 0 saturated heterocycles. The van der Waals surface area contributed by atoms with Gasteiger partial charge in [-0.05, 0) is 77.3 Å². The molecule has 2 N–H and O–H groups in total. The summed E-state index contributed by atoms with van der Waals surface area (Å²) in [6.45, 7) is 5.16. The van der Waals surface area contributed by atoms with E-state index in [4.69, 9.17) is 26.2 Å². The van der Waals surface area contributed by atoms with Crippen molar-refractivity contribution in [3.63, 3.8) is 0 Å². The second-order valence-electron chi connectivity index (χ2n) is 6.91. The lowest BCUT2D eigenvalue weighted by atomic mass is 10.1. The van der Waals surface area contributed by atoms with Gasteiger partial charge in [0.05, 0.1) is 16.6 Å². The van der Waals surface area contributed by atoms with Crippen LogP contribution in [0.2, 0.25) is 5.02 Å². The first kappa shape index (κ1) is 23.0. The fourth-order valence-corrected chi connectivity index (χ4v) is 3.88. The number of aryl methyl sites for hydroxylation is 1. The fourth-order valence-electron chi connectivity index (χ4n) is 3.08. The van der Waals surface area contributed by atoms with Crippen LogP contribution in [0.3, 0.4) is 0 Å². The Labute approximate surface area is 195 Å². The molecule has 3 rings (SSSR count). The van der Waals surface area contributed by atoms with Crippen LogP contribution < -0.4 is 14.8 Å². The number of nitrogens with one attached hydrogen (secondary N) is 1. The third-order valence-corrected chi connectivity index (χ3v) is 5.61. The molecule has 0 bridgehead atoms. The molecule has 162 valence electrons. The first-order valence-electron chi connectivity index (χ1n) is 9.78. The van der Waals surface area contributed by atoms with Gasteiger partial charge in [-0.1, -0.05) is 29.8 Å². The lowest BCUT2D eigenvalue weighted by Crippen LogP contribution is -2.05. The number of benzene rings is 3. The summed E-state index contributed by atoms with van der Waals surface area (Å²) in [5, 5.41) is 13.1. The minimum Gasteiger partial charge on any atom is -0.490 e. The summed E-state index contributed by atoms with van der Waals surface area (Å²) in [5.41, 5.74) is 3.89. The number of hydrogen-bond acceptors (Lipinski definition) is 4. The van der Waals surface area contributed by atoms with Gasteiger partial charge >= 0.3 is 5.97 Å². The van der Waals surface area contributed by atoms with Crippen molar-refractivity contribution in [1.29, 1.82) is 0 Å². The highest BCUT2D eigenvalue weighted by atomic mass is 79.9. The molecule has 0 heterocycles. The quantitative estimate of drug-likeness (QED) is 0.339. The lowest BCUT2D eigenvalue weighted by Gasteiger charge is -2.17. The average Bonchev–Trinajstić information content (AvgIpc) is 2.73. The molecule has 5 nitrogen and oxygen atoms in total. The number of aromatic carboxylic acids is 1. The molecule has 3 aromatic rings. The summed E-state index contributed by atoms with van der Waals surface area (Å²) in [6.07, 6.45) is 0. The second-order valence-corrected chi connectivity index (χ2v) is 8.17. The molecule has 0 aliphatic heterocycles. The van der Waals surface area contributed by atoms with Crippen molar-refractivity contribution in [3.8, 4) is 11.5 Å². The van der Waals surface area contributed by atoms with Crippen molar-refractivity contribution in [3.05, 3.63) is 86.3 Å². The van der Waals surface area contributed by atoms with Gasteiger partial charge in [0.15, 0.2) is 11.5 Å². The van der Waals surface area contributed by atoms with Gasteiger partial charge in [0.25, 0.3) is 0 Å². The molecule has 0 aliphatic carbocycles. The van der Waals surface area contributed by atoms with E-state index in [0.717, 1.165) is 26.9 Å². The monoisotopic (exact) mass is 503 g/mol. The van der Waals surface area contributed by atoms with Crippen molar-refractivity contribution in [2.24, 2.45) is 0 Å². The number of hydrogen-bond donors (Lipinski definition) is 2. The van der Waals surface area contributed by atoms with Crippen molar-refractivity contribution in [1.82, 2.24) is 0 Å². The van der Waals surface area contributed by atoms with Crippen molar-refractivity contribution < 1.29 is 19.4 Å². The summed E-state index contributed by atoms with van der Waals surface area (Å²) >= 11 is 9.83. The van der Waals surface area contributed by atoms with Crippen molar-refractivity contribution >= 4 is 39.2 Å². The SMILES string of the molecule is CCOc1cc(CNc2ccc(C(=O)O)cc2C)cc(Br)c1OCc1ccccc1Cl. The zero-order valence-electron chi connectivity index (χ0n) is 17.2. The predicted octanol–water partition coefficient (Wildman–Crippen LogP) is 6.70. The maximum Gasteiger partial charge on any atom is 0.335 e. The van der Waals surface area contributed by atoms with Gasteiger partial charge in [0.2, 0.25) is 0 Å². The zero-order valence-corrected chi connectivity index (χ0v) is 19.6. The van der Waals surface area contributed by atoms with E-state index in [1.807, 2.05) is 50.2 Å². The number of carbonyl (C=O) groups is 1. The minimum atomic E-state index is -0.938.